The van der Waals surface area contributed by atoms with Gasteiger partial charge < -0.3 is 0 Å². The molecule has 0 spiro atoms. The van der Waals surface area contributed by atoms with Crippen LogP contribution in [0.1, 0.15) is 16.8 Å². The molecule has 0 bridgehead atoms. The molecule has 0 atom stereocenters. The number of thioether (sulfide) groups is 1. The molecule has 3 aromatic heterocycles. The van der Waals surface area contributed by atoms with E-state index in [4.69, 9.17) is 0 Å². The maximum Gasteiger partial charge on any atom is 0.187 e. The molecule has 0 unspecified atom stereocenters. The molecule has 0 aliphatic carbocycles. The summed E-state index contributed by atoms with van der Waals surface area (Å²) in [7, 11) is 0. The zero-order valence-electron chi connectivity index (χ0n) is 13.5. The fourth-order valence-electron chi connectivity index (χ4n) is 3.06. The fourth-order valence-corrected chi connectivity index (χ4v) is 4.06. The highest BCUT2D eigenvalue weighted by atomic mass is 32.2. The van der Waals surface area contributed by atoms with E-state index in [1.54, 1.807) is 23.1 Å². The molecule has 0 saturated heterocycles. The number of rotatable bonds is 4. The third-order valence-electron chi connectivity index (χ3n) is 4.25. The molecule has 3 aromatic rings. The Morgan fingerprint density at radius 3 is 3.08 bits per heavy atom. The summed E-state index contributed by atoms with van der Waals surface area (Å²) in [6.07, 6.45) is 6.87. The van der Waals surface area contributed by atoms with Gasteiger partial charge in [-0.15, -0.1) is 0 Å². The lowest BCUT2D eigenvalue weighted by Crippen LogP contribution is -2.31. The van der Waals surface area contributed by atoms with E-state index in [1.807, 2.05) is 24.7 Å². The lowest BCUT2D eigenvalue weighted by atomic mass is 10.0. The van der Waals surface area contributed by atoms with Crippen LogP contribution in [0.25, 0.3) is 11.3 Å². The van der Waals surface area contributed by atoms with Gasteiger partial charge in [0.25, 0.3) is 0 Å². The van der Waals surface area contributed by atoms with Gasteiger partial charge in [0.2, 0.25) is 0 Å². The van der Waals surface area contributed by atoms with Gasteiger partial charge >= 0.3 is 0 Å². The summed E-state index contributed by atoms with van der Waals surface area (Å²) in [6.45, 7) is 2.83. The van der Waals surface area contributed by atoms with E-state index < -0.39 is 0 Å². The van der Waals surface area contributed by atoms with Crippen molar-refractivity contribution < 1.29 is 0 Å². The summed E-state index contributed by atoms with van der Waals surface area (Å²) >= 11 is 3.31. The van der Waals surface area contributed by atoms with Crippen LogP contribution in [-0.2, 0) is 19.5 Å². The van der Waals surface area contributed by atoms with Gasteiger partial charge in [-0.25, -0.2) is 9.97 Å². The molecule has 122 valence electrons. The van der Waals surface area contributed by atoms with Crippen molar-refractivity contribution in [3.8, 4) is 11.3 Å². The van der Waals surface area contributed by atoms with Crippen molar-refractivity contribution in [2.75, 3.05) is 12.8 Å². The highest BCUT2D eigenvalue weighted by Crippen LogP contribution is 2.26. The Bertz CT molecular complexity index is 833. The number of pyridine rings is 1. The van der Waals surface area contributed by atoms with Gasteiger partial charge in [-0.2, -0.15) is 11.3 Å². The third kappa shape index (κ3) is 3.22. The normalized spacial score (nSPS) is 14.5. The minimum atomic E-state index is 0.870. The maximum absolute atomic E-state index is 4.65. The largest absolute Gasteiger partial charge is 0.294 e. The summed E-state index contributed by atoms with van der Waals surface area (Å²) in [5, 5.41) is 5.13. The van der Waals surface area contributed by atoms with Gasteiger partial charge in [-0.1, -0.05) is 17.8 Å². The van der Waals surface area contributed by atoms with Crippen molar-refractivity contribution >= 4 is 23.1 Å². The SMILES string of the molecule is CSc1ncc2c(n1)CCN(Cc1cccnc1-c1ccsc1)C2. The Labute approximate surface area is 150 Å². The molecule has 0 fully saturated rings. The summed E-state index contributed by atoms with van der Waals surface area (Å²) in [5.41, 5.74) is 6.04. The molecule has 1 aliphatic heterocycles. The van der Waals surface area contributed by atoms with Gasteiger partial charge in [0.05, 0.1) is 11.4 Å². The van der Waals surface area contributed by atoms with Crippen molar-refractivity contribution in [2.24, 2.45) is 0 Å². The Balaban J connectivity index is 1.55. The minimum absolute atomic E-state index is 0.870. The van der Waals surface area contributed by atoms with Crippen molar-refractivity contribution in [1.82, 2.24) is 19.9 Å². The lowest BCUT2D eigenvalue weighted by molar-refractivity contribution is 0.242. The summed E-state index contributed by atoms with van der Waals surface area (Å²) < 4.78 is 0. The fraction of sp³-hybridized carbons (Fsp3) is 0.278. The number of thiophene rings is 1. The van der Waals surface area contributed by atoms with E-state index in [1.165, 1.54) is 22.4 Å². The van der Waals surface area contributed by atoms with Crippen molar-refractivity contribution in [1.29, 1.82) is 0 Å². The molecular formula is C18H18N4S2. The minimum Gasteiger partial charge on any atom is -0.294 e. The van der Waals surface area contributed by atoms with E-state index in [9.17, 15) is 0 Å². The van der Waals surface area contributed by atoms with Crippen LogP contribution in [0.15, 0.2) is 46.5 Å². The molecule has 0 saturated carbocycles. The molecule has 24 heavy (non-hydrogen) atoms. The summed E-state index contributed by atoms with van der Waals surface area (Å²) in [5.74, 6) is 0. The average Bonchev–Trinajstić information content (AvgIpc) is 3.16. The van der Waals surface area contributed by atoms with Crippen LogP contribution in [0.2, 0.25) is 0 Å². The maximum atomic E-state index is 4.65. The Morgan fingerprint density at radius 1 is 1.29 bits per heavy atom. The van der Waals surface area contributed by atoms with E-state index in [2.05, 4.69) is 42.7 Å². The van der Waals surface area contributed by atoms with Gasteiger partial charge in [-0.3, -0.25) is 9.88 Å². The monoisotopic (exact) mass is 354 g/mol. The smallest absolute Gasteiger partial charge is 0.187 e. The lowest BCUT2D eigenvalue weighted by Gasteiger charge is -2.28. The van der Waals surface area contributed by atoms with Crippen LogP contribution in [0.5, 0.6) is 0 Å². The average molecular weight is 355 g/mol. The second-order valence-corrected chi connectivity index (χ2v) is 7.37. The topological polar surface area (TPSA) is 41.9 Å². The zero-order chi connectivity index (χ0) is 16.4. The number of fused-ring (bicyclic) bond motifs is 1. The molecule has 0 amide bonds. The molecule has 0 N–H and O–H groups in total. The Hall–Kier alpha value is -1.76. The van der Waals surface area contributed by atoms with E-state index >= 15 is 0 Å². The molecule has 4 rings (SSSR count). The predicted octanol–water partition coefficient (Wildman–Crippen LogP) is 3.88. The van der Waals surface area contributed by atoms with Crippen LogP contribution < -0.4 is 0 Å². The van der Waals surface area contributed by atoms with Gasteiger partial charge in [0, 0.05) is 55.0 Å². The highest BCUT2D eigenvalue weighted by molar-refractivity contribution is 7.98. The van der Waals surface area contributed by atoms with Crippen LogP contribution in [0.3, 0.4) is 0 Å². The Morgan fingerprint density at radius 2 is 2.25 bits per heavy atom. The van der Waals surface area contributed by atoms with Gasteiger partial charge in [0.15, 0.2) is 5.16 Å². The predicted molar refractivity (Wildman–Crippen MR) is 99.2 cm³/mol. The first kappa shape index (κ1) is 15.7. The van der Waals surface area contributed by atoms with Crippen molar-refractivity contribution in [3.63, 3.8) is 0 Å². The quantitative estimate of drug-likeness (QED) is 0.525. The summed E-state index contributed by atoms with van der Waals surface area (Å²) in [4.78, 5) is 16.1. The molecule has 0 aromatic carbocycles. The molecule has 1 aliphatic rings. The first-order valence-electron chi connectivity index (χ1n) is 7.91. The number of hydrogen-bond donors (Lipinski definition) is 0. The van der Waals surface area contributed by atoms with Crippen LogP contribution in [0.4, 0.5) is 0 Å². The number of nitrogens with zero attached hydrogens (tertiary/aromatic N) is 4. The Kier molecular flexibility index (Phi) is 4.60. The molecular weight excluding hydrogens is 336 g/mol. The van der Waals surface area contributed by atoms with Crippen molar-refractivity contribution in [2.45, 2.75) is 24.7 Å². The highest BCUT2D eigenvalue weighted by Gasteiger charge is 2.19. The number of aromatic nitrogens is 3. The van der Waals surface area contributed by atoms with Crippen LogP contribution in [-0.4, -0.2) is 32.7 Å². The zero-order valence-corrected chi connectivity index (χ0v) is 15.1. The van der Waals surface area contributed by atoms with Gasteiger partial charge in [0.1, 0.15) is 0 Å². The first-order valence-corrected chi connectivity index (χ1v) is 10.1. The molecule has 4 nitrogen and oxygen atoms in total. The second kappa shape index (κ2) is 7.01. The van der Waals surface area contributed by atoms with Crippen LogP contribution in [0, 0.1) is 0 Å². The van der Waals surface area contributed by atoms with E-state index in [0.717, 1.165) is 36.9 Å². The van der Waals surface area contributed by atoms with E-state index in [-0.39, 0.29) is 0 Å². The molecule has 0 radical (unpaired) electrons. The second-order valence-electron chi connectivity index (χ2n) is 5.81. The van der Waals surface area contributed by atoms with Gasteiger partial charge in [-0.05, 0) is 29.3 Å². The number of hydrogen-bond acceptors (Lipinski definition) is 6. The van der Waals surface area contributed by atoms with Crippen molar-refractivity contribution in [3.05, 3.63) is 58.2 Å². The van der Waals surface area contributed by atoms with Crippen LogP contribution >= 0.6 is 23.1 Å². The first-order chi connectivity index (χ1) is 11.8. The summed E-state index contributed by atoms with van der Waals surface area (Å²) in [6, 6.07) is 6.35. The standard InChI is InChI=1S/C18H18N4S2/c1-23-18-20-9-15-11-22(7-4-16(15)21-18)10-13-3-2-6-19-17(13)14-5-8-24-12-14/h2-3,5-6,8-9,12H,4,7,10-11H2,1H3. The molecule has 4 heterocycles. The van der Waals surface area contributed by atoms with E-state index in [0.29, 0.717) is 0 Å². The molecule has 6 heteroatoms. The third-order valence-corrected chi connectivity index (χ3v) is 5.50.